The van der Waals surface area contributed by atoms with Gasteiger partial charge in [0.05, 0.1) is 30.6 Å². The van der Waals surface area contributed by atoms with Gasteiger partial charge in [-0.15, -0.1) is 10.2 Å². The summed E-state index contributed by atoms with van der Waals surface area (Å²) < 4.78 is 17.6. The summed E-state index contributed by atoms with van der Waals surface area (Å²) in [5, 5.41) is 11.9. The molecule has 0 aliphatic heterocycles. The molecule has 1 heterocycles. The molecular formula is C22H23ClN4O5S. The van der Waals surface area contributed by atoms with Crippen molar-refractivity contribution < 1.29 is 23.8 Å². The lowest BCUT2D eigenvalue weighted by Gasteiger charge is -2.14. The van der Waals surface area contributed by atoms with Gasteiger partial charge < -0.3 is 24.1 Å². The van der Waals surface area contributed by atoms with Gasteiger partial charge in [-0.3, -0.25) is 4.79 Å². The first-order chi connectivity index (χ1) is 15.8. The Morgan fingerprint density at radius 2 is 1.91 bits per heavy atom. The van der Waals surface area contributed by atoms with Crippen molar-refractivity contribution in [2.45, 2.75) is 18.2 Å². The first kappa shape index (κ1) is 24.4. The highest BCUT2D eigenvalue weighted by molar-refractivity contribution is 7.99. The lowest BCUT2D eigenvalue weighted by Crippen LogP contribution is -2.15. The second kappa shape index (κ2) is 11.1. The summed E-state index contributed by atoms with van der Waals surface area (Å²) in [4.78, 5) is 24.2. The fourth-order valence-corrected chi connectivity index (χ4v) is 3.85. The number of hydrogen-bond donors (Lipinski definition) is 1. The number of aromatic nitrogens is 3. The maximum atomic E-state index is 12.4. The molecule has 3 rings (SSSR count). The van der Waals surface area contributed by atoms with E-state index in [9.17, 15) is 9.59 Å². The third-order valence-electron chi connectivity index (χ3n) is 4.57. The second-order valence-corrected chi connectivity index (χ2v) is 8.21. The standard InChI is InChI=1S/C22H23ClN4O5S/c1-13(32-16-7-5-6-15(11-16)30-3)20-25-26-22(27(20)2)33-12-19(28)24-14-8-9-18(23)17(10-14)21(29)31-4/h5-11,13H,12H2,1-4H3,(H,24,28). The Bertz CT molecular complexity index is 1150. The molecule has 2 aromatic carbocycles. The molecule has 0 saturated carbocycles. The minimum absolute atomic E-state index is 0.0906. The van der Waals surface area contributed by atoms with Gasteiger partial charge in [0, 0.05) is 18.8 Å². The number of nitrogens with one attached hydrogen (secondary N) is 1. The number of carbonyl (C=O) groups is 2. The summed E-state index contributed by atoms with van der Waals surface area (Å²) in [5.41, 5.74) is 0.608. The highest BCUT2D eigenvalue weighted by atomic mass is 35.5. The van der Waals surface area contributed by atoms with E-state index in [0.29, 0.717) is 28.2 Å². The highest BCUT2D eigenvalue weighted by Gasteiger charge is 2.19. The van der Waals surface area contributed by atoms with Crippen molar-refractivity contribution in [2.24, 2.45) is 7.05 Å². The van der Waals surface area contributed by atoms with Crippen LogP contribution >= 0.6 is 23.4 Å². The maximum absolute atomic E-state index is 12.4. The summed E-state index contributed by atoms with van der Waals surface area (Å²) in [5.74, 6) is 1.19. The molecule has 33 heavy (non-hydrogen) atoms. The van der Waals surface area contributed by atoms with Crippen molar-refractivity contribution in [3.63, 3.8) is 0 Å². The number of anilines is 1. The molecule has 1 amide bonds. The van der Waals surface area contributed by atoms with Crippen LogP contribution < -0.4 is 14.8 Å². The molecule has 0 aliphatic carbocycles. The molecule has 0 aliphatic rings. The Labute approximate surface area is 200 Å². The molecule has 1 atom stereocenters. The van der Waals surface area contributed by atoms with Crippen LogP contribution in [0.15, 0.2) is 47.6 Å². The second-order valence-electron chi connectivity index (χ2n) is 6.86. The quantitative estimate of drug-likeness (QED) is 0.352. The third kappa shape index (κ3) is 6.17. The van der Waals surface area contributed by atoms with Crippen molar-refractivity contribution in [1.29, 1.82) is 0 Å². The number of carbonyl (C=O) groups excluding carboxylic acids is 2. The number of hydrogen-bond acceptors (Lipinski definition) is 8. The van der Waals surface area contributed by atoms with E-state index in [2.05, 4.69) is 15.5 Å². The van der Waals surface area contributed by atoms with E-state index in [1.54, 1.807) is 23.8 Å². The smallest absolute Gasteiger partial charge is 0.339 e. The van der Waals surface area contributed by atoms with Crippen molar-refractivity contribution in [1.82, 2.24) is 14.8 Å². The van der Waals surface area contributed by atoms with Crippen LogP contribution in [-0.4, -0.2) is 46.6 Å². The monoisotopic (exact) mass is 490 g/mol. The molecule has 11 heteroatoms. The van der Waals surface area contributed by atoms with E-state index in [0.717, 1.165) is 0 Å². The number of rotatable bonds is 9. The van der Waals surface area contributed by atoms with Crippen LogP contribution in [0.5, 0.6) is 11.5 Å². The molecule has 174 valence electrons. The van der Waals surface area contributed by atoms with Crippen LogP contribution in [0, 0.1) is 0 Å². The molecule has 1 N–H and O–H groups in total. The molecule has 1 aromatic heterocycles. The van der Waals surface area contributed by atoms with E-state index >= 15 is 0 Å². The van der Waals surface area contributed by atoms with Crippen LogP contribution in [0.4, 0.5) is 5.69 Å². The highest BCUT2D eigenvalue weighted by Crippen LogP contribution is 2.26. The van der Waals surface area contributed by atoms with Gasteiger partial charge in [0.2, 0.25) is 5.91 Å². The normalized spacial score (nSPS) is 11.5. The van der Waals surface area contributed by atoms with E-state index in [1.807, 2.05) is 32.2 Å². The van der Waals surface area contributed by atoms with Gasteiger partial charge >= 0.3 is 5.97 Å². The van der Waals surface area contributed by atoms with Gasteiger partial charge in [-0.2, -0.15) is 0 Å². The van der Waals surface area contributed by atoms with Crippen molar-refractivity contribution in [3.8, 4) is 11.5 Å². The molecule has 0 radical (unpaired) electrons. The molecule has 0 saturated heterocycles. The van der Waals surface area contributed by atoms with Gasteiger partial charge in [-0.25, -0.2) is 4.79 Å². The Balaban J connectivity index is 1.60. The molecule has 0 spiro atoms. The molecule has 3 aromatic rings. The SMILES string of the molecule is COC(=O)c1cc(NC(=O)CSc2nnc(C(C)Oc3cccc(OC)c3)n2C)ccc1Cl. The van der Waals surface area contributed by atoms with Crippen LogP contribution in [0.3, 0.4) is 0 Å². The third-order valence-corrected chi connectivity index (χ3v) is 5.92. The average molecular weight is 491 g/mol. The first-order valence-electron chi connectivity index (χ1n) is 9.83. The first-order valence-corrected chi connectivity index (χ1v) is 11.2. The predicted octanol–water partition coefficient (Wildman–Crippen LogP) is 4.13. The Kier molecular flexibility index (Phi) is 8.18. The van der Waals surface area contributed by atoms with Crippen molar-refractivity contribution in [3.05, 3.63) is 58.9 Å². The van der Waals surface area contributed by atoms with Crippen LogP contribution in [0.2, 0.25) is 5.02 Å². The molecule has 0 fully saturated rings. The number of halogens is 1. The molecule has 0 bridgehead atoms. The number of ether oxygens (including phenoxy) is 3. The van der Waals surface area contributed by atoms with E-state index in [-0.39, 0.29) is 28.4 Å². The molecule has 1 unspecified atom stereocenters. The van der Waals surface area contributed by atoms with Gasteiger partial charge in [-0.1, -0.05) is 29.4 Å². The van der Waals surface area contributed by atoms with E-state index < -0.39 is 5.97 Å². The average Bonchev–Trinajstić information content (AvgIpc) is 3.18. The summed E-state index contributed by atoms with van der Waals surface area (Å²) in [7, 11) is 4.66. The summed E-state index contributed by atoms with van der Waals surface area (Å²) in [6.07, 6.45) is -0.372. The fourth-order valence-electron chi connectivity index (χ4n) is 2.93. The number of methoxy groups -OCH3 is 2. The van der Waals surface area contributed by atoms with Crippen LogP contribution in [0.1, 0.15) is 29.2 Å². The van der Waals surface area contributed by atoms with Crippen molar-refractivity contribution in [2.75, 3.05) is 25.3 Å². The summed E-state index contributed by atoms with van der Waals surface area (Å²) in [6, 6.07) is 11.9. The minimum atomic E-state index is -0.581. The Morgan fingerprint density at radius 1 is 1.15 bits per heavy atom. The largest absolute Gasteiger partial charge is 0.497 e. The van der Waals surface area contributed by atoms with E-state index in [1.165, 1.54) is 31.0 Å². The zero-order chi connectivity index (χ0) is 24.0. The summed E-state index contributed by atoms with van der Waals surface area (Å²) >= 11 is 7.23. The topological polar surface area (TPSA) is 105 Å². The number of esters is 1. The zero-order valence-electron chi connectivity index (χ0n) is 18.5. The lowest BCUT2D eigenvalue weighted by atomic mass is 10.2. The maximum Gasteiger partial charge on any atom is 0.339 e. The van der Waals surface area contributed by atoms with E-state index in [4.69, 9.17) is 25.8 Å². The Morgan fingerprint density at radius 3 is 2.64 bits per heavy atom. The van der Waals surface area contributed by atoms with Crippen LogP contribution in [0.25, 0.3) is 0 Å². The van der Waals surface area contributed by atoms with Crippen molar-refractivity contribution >= 4 is 40.9 Å². The Hall–Kier alpha value is -3.24. The number of thioether (sulfide) groups is 1. The molecule has 9 nitrogen and oxygen atoms in total. The zero-order valence-corrected chi connectivity index (χ0v) is 20.1. The van der Waals surface area contributed by atoms with Gasteiger partial charge in [-0.05, 0) is 37.3 Å². The van der Waals surface area contributed by atoms with Gasteiger partial charge in [0.15, 0.2) is 17.1 Å². The predicted molar refractivity (Wildman–Crippen MR) is 125 cm³/mol. The fraction of sp³-hybridized carbons (Fsp3) is 0.273. The number of amides is 1. The number of benzene rings is 2. The number of nitrogens with zero attached hydrogens (tertiary/aromatic N) is 3. The van der Waals surface area contributed by atoms with Gasteiger partial charge in [0.1, 0.15) is 11.5 Å². The molecular weight excluding hydrogens is 468 g/mol. The van der Waals surface area contributed by atoms with Gasteiger partial charge in [0.25, 0.3) is 0 Å². The minimum Gasteiger partial charge on any atom is -0.497 e. The summed E-state index contributed by atoms with van der Waals surface area (Å²) in [6.45, 7) is 1.87. The van der Waals surface area contributed by atoms with Crippen LogP contribution in [-0.2, 0) is 16.6 Å². The lowest BCUT2D eigenvalue weighted by molar-refractivity contribution is -0.113.